The molecule has 0 aliphatic carbocycles. The second-order valence-electron chi connectivity index (χ2n) is 5.51. The zero-order valence-corrected chi connectivity index (χ0v) is 16.8. The second-order valence-corrected chi connectivity index (χ2v) is 6.32. The topological polar surface area (TPSA) is 62.5 Å². The molecule has 0 saturated heterocycles. The summed E-state index contributed by atoms with van der Waals surface area (Å²) >= 11 is 11.7. The lowest BCUT2D eigenvalue weighted by Crippen LogP contribution is -2.01. The molecule has 0 spiro atoms. The first-order valence-electron chi connectivity index (χ1n) is 8.07. The highest BCUT2D eigenvalue weighted by atomic mass is 35.5. The highest BCUT2D eigenvalue weighted by Crippen LogP contribution is 2.24. The molecule has 0 amide bonds. The van der Waals surface area contributed by atoms with E-state index >= 15 is 0 Å². The van der Waals surface area contributed by atoms with Crippen LogP contribution in [0.2, 0.25) is 10.0 Å². The number of carboxylic acid groups (broad SMARTS) is 1. The van der Waals surface area contributed by atoms with E-state index in [2.05, 4.69) is 9.98 Å². The van der Waals surface area contributed by atoms with Gasteiger partial charge in [0.2, 0.25) is 0 Å². The maximum absolute atomic E-state index is 10.7. The summed E-state index contributed by atoms with van der Waals surface area (Å²) in [5, 5.41) is 10.3. The van der Waals surface area contributed by atoms with Crippen LogP contribution in [0.15, 0.2) is 59.0 Å². The van der Waals surface area contributed by atoms with Crippen molar-refractivity contribution in [3.63, 3.8) is 0 Å². The predicted octanol–water partition coefficient (Wildman–Crippen LogP) is 5.82. The normalized spacial score (nSPS) is 12.0. The molecule has 4 nitrogen and oxygen atoms in total. The molecule has 0 unspecified atom stereocenters. The molecule has 1 aromatic heterocycles. The van der Waals surface area contributed by atoms with E-state index in [1.165, 1.54) is 6.92 Å². The third-order valence-electron chi connectivity index (χ3n) is 3.69. The molecule has 0 fully saturated rings. The van der Waals surface area contributed by atoms with E-state index in [-0.39, 0.29) is 5.57 Å². The van der Waals surface area contributed by atoms with E-state index in [4.69, 9.17) is 28.3 Å². The van der Waals surface area contributed by atoms with Crippen molar-refractivity contribution in [3.8, 4) is 0 Å². The number of nitrogens with zero attached hydrogens (tertiary/aromatic N) is 2. The molecule has 0 radical (unpaired) electrons. The Labute approximate surface area is 164 Å². The Bertz CT molecular complexity index is 796. The SMILES string of the molecule is CC(=N/C(C)=C(\C)C(=O)O)c1cccnc1.CCc1c(Cl)cccc1Cl. The van der Waals surface area contributed by atoms with Crippen LogP contribution >= 0.6 is 23.2 Å². The first-order chi connectivity index (χ1) is 12.3. The van der Waals surface area contributed by atoms with Crippen LogP contribution < -0.4 is 0 Å². The van der Waals surface area contributed by atoms with Gasteiger partial charge in [0.05, 0.1) is 5.57 Å². The highest BCUT2D eigenvalue weighted by molar-refractivity contribution is 6.35. The van der Waals surface area contributed by atoms with Gasteiger partial charge >= 0.3 is 5.97 Å². The molecule has 0 bridgehead atoms. The summed E-state index contributed by atoms with van der Waals surface area (Å²) in [6.07, 6.45) is 4.27. The van der Waals surface area contributed by atoms with Crippen molar-refractivity contribution >= 4 is 34.9 Å². The monoisotopic (exact) mass is 392 g/mol. The molecule has 6 heteroatoms. The predicted molar refractivity (Wildman–Crippen MR) is 108 cm³/mol. The number of aliphatic imine (C=N–C) groups is 1. The summed E-state index contributed by atoms with van der Waals surface area (Å²) in [5.74, 6) is -0.944. The fraction of sp³-hybridized carbons (Fsp3) is 0.250. The standard InChI is InChI=1S/C12H14N2O2.C8H8Cl2/c1-8(12(15)16)9(2)14-10(3)11-5-4-6-13-7-11;1-2-6-7(9)4-3-5-8(6)10/h4-7H,1-3H3,(H,15,16);3-5H,2H2,1H3/b9-8+,14-10?;. The molecule has 0 atom stereocenters. The number of carboxylic acids is 1. The minimum absolute atomic E-state index is 0.253. The summed E-state index contributed by atoms with van der Waals surface area (Å²) < 4.78 is 0. The lowest BCUT2D eigenvalue weighted by atomic mass is 10.2. The number of hydrogen-bond acceptors (Lipinski definition) is 3. The maximum Gasteiger partial charge on any atom is 0.333 e. The van der Waals surface area contributed by atoms with E-state index < -0.39 is 5.97 Å². The van der Waals surface area contributed by atoms with Crippen molar-refractivity contribution in [2.45, 2.75) is 34.1 Å². The largest absolute Gasteiger partial charge is 0.478 e. The average Bonchev–Trinajstić information content (AvgIpc) is 2.62. The Morgan fingerprint density at radius 1 is 1.12 bits per heavy atom. The molecule has 0 saturated carbocycles. The number of rotatable bonds is 4. The summed E-state index contributed by atoms with van der Waals surface area (Å²) in [5.41, 5.74) is 3.44. The number of benzene rings is 1. The summed E-state index contributed by atoms with van der Waals surface area (Å²) in [4.78, 5) is 18.9. The van der Waals surface area contributed by atoms with Gasteiger partial charge in [0.15, 0.2) is 0 Å². The number of aromatic nitrogens is 1. The van der Waals surface area contributed by atoms with Crippen LogP contribution in [0.5, 0.6) is 0 Å². The average molecular weight is 393 g/mol. The Kier molecular flexibility index (Phi) is 9.03. The third-order valence-corrected chi connectivity index (χ3v) is 4.40. The van der Waals surface area contributed by atoms with Crippen LogP contribution in [0.4, 0.5) is 0 Å². The third kappa shape index (κ3) is 6.62. The Morgan fingerprint density at radius 3 is 2.15 bits per heavy atom. The van der Waals surface area contributed by atoms with Gasteiger partial charge in [-0.3, -0.25) is 9.98 Å². The lowest BCUT2D eigenvalue weighted by molar-refractivity contribution is -0.132. The maximum atomic E-state index is 10.7. The van der Waals surface area contributed by atoms with Crippen LogP contribution in [-0.4, -0.2) is 21.8 Å². The van der Waals surface area contributed by atoms with E-state index in [9.17, 15) is 4.79 Å². The number of pyridine rings is 1. The van der Waals surface area contributed by atoms with Crippen LogP contribution in [0, 0.1) is 0 Å². The van der Waals surface area contributed by atoms with Gasteiger partial charge in [0, 0.05) is 39.4 Å². The molecular weight excluding hydrogens is 371 g/mol. The molecule has 0 aliphatic heterocycles. The van der Waals surface area contributed by atoms with Crippen LogP contribution in [0.25, 0.3) is 0 Å². The molecule has 1 N–H and O–H groups in total. The molecular formula is C20H22Cl2N2O2. The van der Waals surface area contributed by atoms with Gasteiger partial charge in [-0.1, -0.05) is 42.3 Å². The van der Waals surface area contributed by atoms with E-state index in [0.717, 1.165) is 33.3 Å². The minimum Gasteiger partial charge on any atom is -0.478 e. The van der Waals surface area contributed by atoms with Crippen molar-refractivity contribution in [3.05, 3.63) is 75.2 Å². The van der Waals surface area contributed by atoms with Crippen LogP contribution in [-0.2, 0) is 11.2 Å². The zero-order valence-electron chi connectivity index (χ0n) is 15.3. The van der Waals surface area contributed by atoms with Crippen molar-refractivity contribution in [1.29, 1.82) is 0 Å². The van der Waals surface area contributed by atoms with Crippen molar-refractivity contribution in [1.82, 2.24) is 4.98 Å². The Hall–Kier alpha value is -2.17. The number of hydrogen-bond donors (Lipinski definition) is 1. The van der Waals surface area contributed by atoms with Crippen molar-refractivity contribution in [2.24, 2.45) is 4.99 Å². The number of halogens is 2. The van der Waals surface area contributed by atoms with Gasteiger partial charge < -0.3 is 5.11 Å². The zero-order chi connectivity index (χ0) is 19.7. The second kappa shape index (κ2) is 10.7. The number of allylic oxidation sites excluding steroid dienone is 1. The first kappa shape index (κ1) is 21.9. The van der Waals surface area contributed by atoms with Gasteiger partial charge in [-0.2, -0.15) is 0 Å². The van der Waals surface area contributed by atoms with E-state index in [0.29, 0.717) is 5.70 Å². The summed E-state index contributed by atoms with van der Waals surface area (Å²) in [7, 11) is 0. The smallest absolute Gasteiger partial charge is 0.333 e. The van der Waals surface area contributed by atoms with Gasteiger partial charge in [0.1, 0.15) is 0 Å². The van der Waals surface area contributed by atoms with E-state index in [1.54, 1.807) is 19.3 Å². The highest BCUT2D eigenvalue weighted by Gasteiger charge is 2.05. The van der Waals surface area contributed by atoms with Crippen LogP contribution in [0.1, 0.15) is 38.8 Å². The van der Waals surface area contributed by atoms with Gasteiger partial charge in [-0.05, 0) is 51.0 Å². The summed E-state index contributed by atoms with van der Waals surface area (Å²) in [6.45, 7) is 7.09. The van der Waals surface area contributed by atoms with Gasteiger partial charge in [0.25, 0.3) is 0 Å². The first-order valence-corrected chi connectivity index (χ1v) is 8.82. The number of carbonyl (C=O) groups is 1. The molecule has 0 aliphatic rings. The lowest BCUT2D eigenvalue weighted by Gasteiger charge is -2.02. The molecule has 26 heavy (non-hydrogen) atoms. The Balaban J connectivity index is 0.000000289. The van der Waals surface area contributed by atoms with Crippen molar-refractivity contribution < 1.29 is 9.90 Å². The summed E-state index contributed by atoms with van der Waals surface area (Å²) in [6, 6.07) is 9.26. The molecule has 1 aromatic carbocycles. The minimum atomic E-state index is -0.944. The van der Waals surface area contributed by atoms with Gasteiger partial charge in [-0.15, -0.1) is 0 Å². The Morgan fingerprint density at radius 2 is 1.73 bits per heavy atom. The number of aliphatic carboxylic acids is 1. The van der Waals surface area contributed by atoms with Gasteiger partial charge in [-0.25, -0.2) is 4.79 Å². The molecule has 138 valence electrons. The van der Waals surface area contributed by atoms with Crippen LogP contribution in [0.3, 0.4) is 0 Å². The quantitative estimate of drug-likeness (QED) is 0.526. The van der Waals surface area contributed by atoms with Crippen molar-refractivity contribution in [2.75, 3.05) is 0 Å². The fourth-order valence-electron chi connectivity index (χ4n) is 2.00. The molecule has 1 heterocycles. The fourth-order valence-corrected chi connectivity index (χ4v) is 2.67. The molecule has 2 aromatic rings. The van der Waals surface area contributed by atoms with E-state index in [1.807, 2.05) is 44.2 Å². The molecule has 2 rings (SSSR count).